The Labute approximate surface area is 82.1 Å². The van der Waals surface area contributed by atoms with E-state index in [1.165, 1.54) is 18.9 Å². The fourth-order valence-corrected chi connectivity index (χ4v) is 5.27. The molecule has 2 aliphatic rings. The van der Waals surface area contributed by atoms with Gasteiger partial charge in [0.2, 0.25) is 0 Å². The molecule has 1 aliphatic heterocycles. The fourth-order valence-electron chi connectivity index (χ4n) is 2.23. The van der Waals surface area contributed by atoms with Crippen LogP contribution in [0.4, 0.5) is 0 Å². The zero-order valence-electron chi connectivity index (χ0n) is 8.59. The van der Waals surface area contributed by atoms with Gasteiger partial charge in [-0.1, -0.05) is 49.2 Å². The molecule has 0 bridgehead atoms. The normalized spacial score (nSPS) is 35.5. The number of hydrogen-bond acceptors (Lipinski definition) is 0. The summed E-state index contributed by atoms with van der Waals surface area (Å²) in [5.74, 6) is 0. The van der Waals surface area contributed by atoms with Crippen LogP contribution in [0.25, 0.3) is 0 Å². The first kappa shape index (κ1) is 9.01. The first-order chi connectivity index (χ1) is 6.12. The smallest absolute Gasteiger partial charge is 0.0725 e. The van der Waals surface area contributed by atoms with Crippen LogP contribution in [0.2, 0.25) is 19.1 Å². The molecule has 0 nitrogen and oxygen atoms in total. The maximum Gasteiger partial charge on any atom is 0.0725 e. The third-order valence-electron chi connectivity index (χ3n) is 3.03. The summed E-state index contributed by atoms with van der Waals surface area (Å²) >= 11 is 0. The molecular weight excluding hydrogens is 172 g/mol. The lowest BCUT2D eigenvalue weighted by Crippen LogP contribution is -2.26. The molecule has 1 fully saturated rings. The Morgan fingerprint density at radius 1 is 1.00 bits per heavy atom. The molecule has 0 aromatic heterocycles. The third kappa shape index (κ3) is 2.22. The largest absolute Gasteiger partial charge is 0.0947 e. The van der Waals surface area contributed by atoms with E-state index >= 15 is 0 Å². The second-order valence-corrected chi connectivity index (χ2v) is 9.79. The fraction of sp³-hybridized carbons (Fsp3) is 0.500. The highest BCUT2D eigenvalue weighted by atomic mass is 28.3. The Hall–Kier alpha value is -0.563. The first-order valence-electron chi connectivity index (χ1n) is 5.16. The maximum atomic E-state index is 2.47. The zero-order valence-corrected chi connectivity index (χ0v) is 9.59. The van der Waals surface area contributed by atoms with E-state index in [4.69, 9.17) is 0 Å². The summed E-state index contributed by atoms with van der Waals surface area (Å²) in [7, 11) is -1.06. The SMILES string of the molecule is C[Si]1(C)\C=C/C=C\C=C/C2(CC2)C1. The molecule has 2 rings (SSSR count). The predicted molar refractivity (Wildman–Crippen MR) is 61.4 cm³/mol. The van der Waals surface area contributed by atoms with E-state index in [1.54, 1.807) is 0 Å². The second-order valence-electron chi connectivity index (χ2n) is 5.13. The molecule has 1 heteroatoms. The van der Waals surface area contributed by atoms with Crippen molar-refractivity contribution in [1.29, 1.82) is 0 Å². The van der Waals surface area contributed by atoms with Crippen molar-refractivity contribution in [1.82, 2.24) is 0 Å². The number of allylic oxidation sites excluding steroid dienone is 5. The second kappa shape index (κ2) is 2.98. The van der Waals surface area contributed by atoms with Gasteiger partial charge in [0.05, 0.1) is 8.07 Å². The molecule has 1 saturated carbocycles. The summed E-state index contributed by atoms with van der Waals surface area (Å²) in [4.78, 5) is 0. The number of hydrogen-bond donors (Lipinski definition) is 0. The van der Waals surface area contributed by atoms with E-state index in [9.17, 15) is 0 Å². The molecule has 0 radical (unpaired) electrons. The van der Waals surface area contributed by atoms with E-state index in [1.807, 2.05) is 0 Å². The van der Waals surface area contributed by atoms with Gasteiger partial charge in [0.1, 0.15) is 0 Å². The molecule has 0 unspecified atom stereocenters. The van der Waals surface area contributed by atoms with E-state index in [0.29, 0.717) is 5.41 Å². The van der Waals surface area contributed by atoms with Crippen LogP contribution in [0.5, 0.6) is 0 Å². The van der Waals surface area contributed by atoms with Crippen molar-refractivity contribution < 1.29 is 0 Å². The highest BCUT2D eigenvalue weighted by Gasteiger charge is 2.43. The van der Waals surface area contributed by atoms with Gasteiger partial charge in [0.25, 0.3) is 0 Å². The van der Waals surface area contributed by atoms with E-state index < -0.39 is 8.07 Å². The molecule has 1 aliphatic carbocycles. The molecular formula is C12H18Si. The monoisotopic (exact) mass is 190 g/mol. The summed E-state index contributed by atoms with van der Waals surface area (Å²) in [6.07, 6.45) is 14.1. The molecule has 0 aromatic carbocycles. The van der Waals surface area contributed by atoms with Gasteiger partial charge in [-0.3, -0.25) is 0 Å². The average Bonchev–Trinajstić information content (AvgIpc) is 2.73. The minimum Gasteiger partial charge on any atom is -0.0947 e. The van der Waals surface area contributed by atoms with Crippen LogP contribution in [0.1, 0.15) is 12.8 Å². The summed E-state index contributed by atoms with van der Waals surface area (Å²) in [6, 6.07) is 1.44. The lowest BCUT2D eigenvalue weighted by molar-refractivity contribution is 0.732. The lowest BCUT2D eigenvalue weighted by Gasteiger charge is -2.22. The molecule has 0 amide bonds. The van der Waals surface area contributed by atoms with Crippen LogP contribution < -0.4 is 0 Å². The highest BCUT2D eigenvalue weighted by Crippen LogP contribution is 2.53. The highest BCUT2D eigenvalue weighted by molar-refractivity contribution is 6.82. The van der Waals surface area contributed by atoms with E-state index in [0.717, 1.165) is 0 Å². The van der Waals surface area contributed by atoms with Crippen LogP contribution in [-0.4, -0.2) is 8.07 Å². The lowest BCUT2D eigenvalue weighted by atomic mass is 10.1. The topological polar surface area (TPSA) is 0 Å². The van der Waals surface area contributed by atoms with Gasteiger partial charge >= 0.3 is 0 Å². The van der Waals surface area contributed by atoms with Gasteiger partial charge in [-0.05, 0) is 24.3 Å². The molecule has 0 N–H and O–H groups in total. The van der Waals surface area contributed by atoms with E-state index in [2.05, 4.69) is 49.2 Å². The van der Waals surface area contributed by atoms with Crippen molar-refractivity contribution in [2.75, 3.05) is 0 Å². The predicted octanol–water partition coefficient (Wildman–Crippen LogP) is 3.70. The molecule has 0 aromatic rings. The zero-order chi connectivity index (χ0) is 9.36. The van der Waals surface area contributed by atoms with Crippen molar-refractivity contribution >= 4 is 8.07 Å². The van der Waals surface area contributed by atoms with Gasteiger partial charge < -0.3 is 0 Å². The van der Waals surface area contributed by atoms with Gasteiger partial charge in [0, 0.05) is 0 Å². The van der Waals surface area contributed by atoms with Crippen LogP contribution in [0.15, 0.2) is 36.1 Å². The summed E-state index contributed by atoms with van der Waals surface area (Å²) in [5.41, 5.74) is 3.07. The van der Waals surface area contributed by atoms with Crippen LogP contribution in [-0.2, 0) is 0 Å². The van der Waals surface area contributed by atoms with Crippen LogP contribution in [0.3, 0.4) is 0 Å². The Kier molecular flexibility index (Phi) is 2.07. The van der Waals surface area contributed by atoms with E-state index in [-0.39, 0.29) is 0 Å². The Morgan fingerprint density at radius 2 is 1.69 bits per heavy atom. The van der Waals surface area contributed by atoms with Crippen molar-refractivity contribution in [3.63, 3.8) is 0 Å². The summed E-state index contributed by atoms with van der Waals surface area (Å²) < 4.78 is 0. The standard InChI is InChI=1S/C12H18Si/c1-13(2)10-6-4-3-5-7-12(11-13)8-9-12/h3-7,10H,8-9,11H2,1-2H3/b4-3-,7-5-,10-6-. The average molecular weight is 190 g/mol. The third-order valence-corrected chi connectivity index (χ3v) is 5.74. The van der Waals surface area contributed by atoms with Gasteiger partial charge in [-0.2, -0.15) is 0 Å². The van der Waals surface area contributed by atoms with Crippen molar-refractivity contribution in [2.24, 2.45) is 5.41 Å². The molecule has 0 saturated heterocycles. The summed E-state index contributed by atoms with van der Waals surface area (Å²) in [6.45, 7) is 4.94. The Bertz CT molecular complexity index is 261. The number of rotatable bonds is 0. The van der Waals surface area contributed by atoms with Crippen molar-refractivity contribution in [3.8, 4) is 0 Å². The Morgan fingerprint density at radius 3 is 2.38 bits per heavy atom. The molecule has 13 heavy (non-hydrogen) atoms. The quantitative estimate of drug-likeness (QED) is 0.511. The molecule has 1 heterocycles. The van der Waals surface area contributed by atoms with Crippen LogP contribution >= 0.6 is 0 Å². The maximum absolute atomic E-state index is 2.47. The first-order valence-corrected chi connectivity index (χ1v) is 8.44. The minimum absolute atomic E-state index is 0.606. The molecule has 70 valence electrons. The Balaban J connectivity index is 2.24. The van der Waals surface area contributed by atoms with Crippen LogP contribution in [0, 0.1) is 5.41 Å². The minimum atomic E-state index is -1.06. The summed E-state index contributed by atoms with van der Waals surface area (Å²) in [5, 5.41) is 0. The van der Waals surface area contributed by atoms with Gasteiger partial charge in [0.15, 0.2) is 0 Å². The van der Waals surface area contributed by atoms with Gasteiger partial charge in [-0.15, -0.1) is 0 Å². The molecule has 0 atom stereocenters. The van der Waals surface area contributed by atoms with Crippen molar-refractivity contribution in [2.45, 2.75) is 32.0 Å². The molecule has 1 spiro atoms. The van der Waals surface area contributed by atoms with Gasteiger partial charge in [-0.25, -0.2) is 0 Å². The van der Waals surface area contributed by atoms with Crippen molar-refractivity contribution in [3.05, 3.63) is 36.1 Å².